The molecule has 0 radical (unpaired) electrons. The lowest BCUT2D eigenvalue weighted by Gasteiger charge is -2.21. The summed E-state index contributed by atoms with van der Waals surface area (Å²) in [6.07, 6.45) is 1.61. The summed E-state index contributed by atoms with van der Waals surface area (Å²) < 4.78 is 0.337. The highest BCUT2D eigenvalue weighted by Gasteiger charge is 2.20. The second-order valence-electron chi connectivity index (χ2n) is 4.46. The summed E-state index contributed by atoms with van der Waals surface area (Å²) in [5, 5.41) is 11.0. The first-order valence-corrected chi connectivity index (χ1v) is 7.25. The first-order chi connectivity index (χ1) is 10.5. The average Bonchev–Trinajstić information content (AvgIpc) is 2.53. The van der Waals surface area contributed by atoms with Gasteiger partial charge >= 0.3 is 0 Å². The molecule has 0 aliphatic heterocycles. The van der Waals surface area contributed by atoms with Crippen LogP contribution in [-0.4, -0.2) is 17.4 Å². The molecular weight excluding hydrogens is 348 g/mol. The van der Waals surface area contributed by atoms with Gasteiger partial charge in [0.15, 0.2) is 0 Å². The minimum Gasteiger partial charge on any atom is -0.305 e. The van der Waals surface area contributed by atoms with Crippen molar-refractivity contribution in [3.8, 4) is 0 Å². The number of benzene rings is 2. The maximum Gasteiger partial charge on any atom is 0.284 e. The molecule has 2 rings (SSSR count). The number of hydrogen-bond donors (Lipinski definition) is 0. The number of nitro benzene ring substituents is 1. The molecule has 0 bridgehead atoms. The van der Waals surface area contributed by atoms with Crippen LogP contribution in [0.3, 0.4) is 0 Å². The largest absolute Gasteiger partial charge is 0.305 e. The highest BCUT2D eigenvalue weighted by Crippen LogP contribution is 2.27. The number of nitro groups is 1. The molecule has 0 fully saturated rings. The third-order valence-electron chi connectivity index (χ3n) is 3.01. The Bertz CT molecular complexity index is 717. The van der Waals surface area contributed by atoms with Crippen molar-refractivity contribution in [3.05, 3.63) is 81.3 Å². The van der Waals surface area contributed by atoms with Gasteiger partial charge in [-0.2, -0.15) is 0 Å². The van der Waals surface area contributed by atoms with Gasteiger partial charge in [0, 0.05) is 23.9 Å². The van der Waals surface area contributed by atoms with Crippen LogP contribution in [0.2, 0.25) is 0 Å². The van der Waals surface area contributed by atoms with Gasteiger partial charge in [0.1, 0.15) is 0 Å². The van der Waals surface area contributed by atoms with E-state index in [4.69, 9.17) is 0 Å². The molecule has 1 amide bonds. The molecule has 2 aromatic carbocycles. The minimum absolute atomic E-state index is 0.141. The van der Waals surface area contributed by atoms with E-state index >= 15 is 0 Å². The summed E-state index contributed by atoms with van der Waals surface area (Å²) in [4.78, 5) is 24.6. The number of carbonyl (C=O) groups excluding carboxylic acids is 1. The quantitative estimate of drug-likeness (QED) is 0.456. The molecule has 0 spiro atoms. The van der Waals surface area contributed by atoms with E-state index in [1.54, 1.807) is 24.3 Å². The van der Waals surface area contributed by atoms with E-state index in [0.29, 0.717) is 16.7 Å². The molecular formula is C16H13BrN2O3. The topological polar surface area (TPSA) is 63.5 Å². The number of amides is 1. The third kappa shape index (κ3) is 3.40. The molecule has 0 saturated carbocycles. The number of carbonyl (C=O) groups is 1. The van der Waals surface area contributed by atoms with Gasteiger partial charge in [-0.1, -0.05) is 24.3 Å². The van der Waals surface area contributed by atoms with Crippen LogP contribution in [0, 0.1) is 10.1 Å². The predicted octanol–water partition coefficient (Wildman–Crippen LogP) is 4.19. The van der Waals surface area contributed by atoms with E-state index in [1.807, 2.05) is 18.2 Å². The molecule has 5 nitrogen and oxygen atoms in total. The fourth-order valence-electron chi connectivity index (χ4n) is 1.98. The fraction of sp³-hybridized carbons (Fsp3) is 0.0625. The SMILES string of the molecule is C=CCN(C(=O)c1ccc(Br)c([N+](=O)[O-])c1)c1ccccc1. The number of nitrogens with zero attached hydrogens (tertiary/aromatic N) is 2. The molecule has 22 heavy (non-hydrogen) atoms. The molecule has 0 aliphatic carbocycles. The highest BCUT2D eigenvalue weighted by atomic mass is 79.9. The van der Waals surface area contributed by atoms with Crippen LogP contribution in [0.4, 0.5) is 11.4 Å². The van der Waals surface area contributed by atoms with Gasteiger partial charge in [0.05, 0.1) is 9.40 Å². The molecule has 2 aromatic rings. The smallest absolute Gasteiger partial charge is 0.284 e. The van der Waals surface area contributed by atoms with E-state index in [9.17, 15) is 14.9 Å². The standard InChI is InChI=1S/C16H13BrN2O3/c1-2-10-18(13-6-4-3-5-7-13)16(20)12-8-9-14(17)15(11-12)19(21)22/h2-9,11H,1,10H2. The lowest BCUT2D eigenvalue weighted by atomic mass is 10.1. The Hall–Kier alpha value is -2.47. The fourth-order valence-corrected chi connectivity index (χ4v) is 2.38. The molecule has 0 unspecified atom stereocenters. The molecule has 0 saturated heterocycles. The Balaban J connectivity index is 2.41. The van der Waals surface area contributed by atoms with E-state index in [1.165, 1.54) is 17.0 Å². The van der Waals surface area contributed by atoms with Crippen LogP contribution >= 0.6 is 15.9 Å². The Morgan fingerprint density at radius 2 is 1.95 bits per heavy atom. The maximum atomic E-state index is 12.7. The number of para-hydroxylation sites is 1. The zero-order valence-corrected chi connectivity index (χ0v) is 13.2. The van der Waals surface area contributed by atoms with Gasteiger partial charge in [-0.3, -0.25) is 14.9 Å². The van der Waals surface area contributed by atoms with E-state index in [0.717, 1.165) is 0 Å². The summed E-state index contributed by atoms with van der Waals surface area (Å²) in [6, 6.07) is 13.4. The third-order valence-corrected chi connectivity index (χ3v) is 3.69. The van der Waals surface area contributed by atoms with Gasteiger partial charge < -0.3 is 4.90 Å². The molecule has 6 heteroatoms. The van der Waals surface area contributed by atoms with Crippen molar-refractivity contribution in [3.63, 3.8) is 0 Å². The van der Waals surface area contributed by atoms with Gasteiger partial charge in [-0.25, -0.2) is 0 Å². The van der Waals surface area contributed by atoms with Crippen molar-refractivity contribution in [1.29, 1.82) is 0 Å². The molecule has 112 valence electrons. The van der Waals surface area contributed by atoms with Crippen molar-refractivity contribution in [2.24, 2.45) is 0 Å². The summed E-state index contributed by atoms with van der Waals surface area (Å²) >= 11 is 3.11. The number of rotatable bonds is 5. The average molecular weight is 361 g/mol. The van der Waals surface area contributed by atoms with Crippen LogP contribution < -0.4 is 4.90 Å². The normalized spacial score (nSPS) is 10.0. The van der Waals surface area contributed by atoms with Crippen LogP contribution in [-0.2, 0) is 0 Å². The number of anilines is 1. The van der Waals surface area contributed by atoms with Crippen molar-refractivity contribution < 1.29 is 9.72 Å². The van der Waals surface area contributed by atoms with Gasteiger partial charge in [0.25, 0.3) is 11.6 Å². The monoisotopic (exact) mass is 360 g/mol. The predicted molar refractivity (Wildman–Crippen MR) is 89.1 cm³/mol. The molecule has 0 aromatic heterocycles. The first kappa shape index (κ1) is 15.9. The van der Waals surface area contributed by atoms with Gasteiger partial charge in [-0.05, 0) is 40.2 Å². The molecule has 0 heterocycles. The first-order valence-electron chi connectivity index (χ1n) is 6.46. The summed E-state index contributed by atoms with van der Waals surface area (Å²) in [7, 11) is 0. The molecule has 0 aliphatic rings. The number of hydrogen-bond acceptors (Lipinski definition) is 3. The number of halogens is 1. The summed E-state index contributed by atoms with van der Waals surface area (Å²) in [6.45, 7) is 3.96. The lowest BCUT2D eigenvalue weighted by molar-refractivity contribution is -0.385. The van der Waals surface area contributed by atoms with E-state index in [2.05, 4.69) is 22.5 Å². The maximum absolute atomic E-state index is 12.7. The lowest BCUT2D eigenvalue weighted by Crippen LogP contribution is -2.31. The van der Waals surface area contributed by atoms with Crippen LogP contribution in [0.15, 0.2) is 65.7 Å². The van der Waals surface area contributed by atoms with Crippen molar-refractivity contribution >= 4 is 33.2 Å². The summed E-state index contributed by atoms with van der Waals surface area (Å²) in [5.41, 5.74) is 0.816. The molecule has 0 N–H and O–H groups in total. The Morgan fingerprint density at radius 1 is 1.27 bits per heavy atom. The van der Waals surface area contributed by atoms with Crippen LogP contribution in [0.25, 0.3) is 0 Å². The second kappa shape index (κ2) is 7.00. The van der Waals surface area contributed by atoms with Crippen molar-refractivity contribution in [1.82, 2.24) is 0 Å². The van der Waals surface area contributed by atoms with E-state index < -0.39 is 4.92 Å². The zero-order valence-electron chi connectivity index (χ0n) is 11.6. The Labute approximate surface area is 136 Å². The Kier molecular flexibility index (Phi) is 5.06. The Morgan fingerprint density at radius 3 is 2.55 bits per heavy atom. The van der Waals surface area contributed by atoms with Crippen molar-refractivity contribution in [2.45, 2.75) is 0 Å². The van der Waals surface area contributed by atoms with Crippen LogP contribution in [0.1, 0.15) is 10.4 Å². The summed E-state index contributed by atoms with van der Waals surface area (Å²) in [5.74, 6) is -0.318. The van der Waals surface area contributed by atoms with E-state index in [-0.39, 0.29) is 17.2 Å². The highest BCUT2D eigenvalue weighted by molar-refractivity contribution is 9.10. The zero-order chi connectivity index (χ0) is 16.1. The molecule has 0 atom stereocenters. The van der Waals surface area contributed by atoms with Gasteiger partial charge in [0.2, 0.25) is 0 Å². The van der Waals surface area contributed by atoms with Crippen molar-refractivity contribution in [2.75, 3.05) is 11.4 Å². The second-order valence-corrected chi connectivity index (χ2v) is 5.32. The minimum atomic E-state index is -0.527. The van der Waals surface area contributed by atoms with Crippen LogP contribution in [0.5, 0.6) is 0 Å². The van der Waals surface area contributed by atoms with Gasteiger partial charge in [-0.15, -0.1) is 6.58 Å².